The molecule has 3 nitrogen and oxygen atoms in total. The quantitative estimate of drug-likeness (QED) is 0.233. The van der Waals surface area contributed by atoms with Gasteiger partial charge in [-0.15, -0.1) is 0 Å². The third-order valence-corrected chi connectivity index (χ3v) is 5.32. The van der Waals surface area contributed by atoms with Gasteiger partial charge < -0.3 is 14.6 Å². The maximum absolute atomic E-state index is 10.2. The highest BCUT2D eigenvalue weighted by atomic mass is 16.5. The third kappa shape index (κ3) is 8.33. The summed E-state index contributed by atoms with van der Waals surface area (Å²) >= 11 is 0. The van der Waals surface area contributed by atoms with E-state index in [1.54, 1.807) is 0 Å². The summed E-state index contributed by atoms with van der Waals surface area (Å²) in [4.78, 5) is 0. The Balaban J connectivity index is 1.41. The molecular formula is C29H34O3. The Kier molecular flexibility index (Phi) is 10.0. The number of unbranched alkanes of at least 4 members (excludes halogenated alkanes) is 3. The van der Waals surface area contributed by atoms with Gasteiger partial charge in [-0.3, -0.25) is 0 Å². The van der Waals surface area contributed by atoms with Crippen LogP contribution < -0.4 is 4.74 Å². The first kappa shape index (κ1) is 23.8. The van der Waals surface area contributed by atoms with E-state index in [-0.39, 0.29) is 6.61 Å². The molecule has 0 unspecified atom stereocenters. The number of hydrogen-bond donors (Lipinski definition) is 1. The summed E-state index contributed by atoms with van der Waals surface area (Å²) < 4.78 is 11.5. The minimum Gasteiger partial charge on any atom is -0.494 e. The summed E-state index contributed by atoms with van der Waals surface area (Å²) in [6, 6.07) is 26.1. The minimum absolute atomic E-state index is 0.282. The van der Waals surface area contributed by atoms with Crippen LogP contribution in [0.3, 0.4) is 0 Å². The summed E-state index contributed by atoms with van der Waals surface area (Å²) in [6.07, 6.45) is 8.48. The van der Waals surface area contributed by atoms with Gasteiger partial charge in [0.25, 0.3) is 0 Å². The second-order valence-electron chi connectivity index (χ2n) is 7.99. The van der Waals surface area contributed by atoms with Gasteiger partial charge >= 0.3 is 0 Å². The molecule has 0 spiro atoms. The predicted octanol–water partition coefficient (Wildman–Crippen LogP) is 7.07. The maximum atomic E-state index is 10.2. The summed E-state index contributed by atoms with van der Waals surface area (Å²) in [5.74, 6) is 0.931. The van der Waals surface area contributed by atoms with Gasteiger partial charge in [0.05, 0.1) is 19.8 Å². The van der Waals surface area contributed by atoms with E-state index in [0.29, 0.717) is 6.61 Å². The summed E-state index contributed by atoms with van der Waals surface area (Å²) in [5, 5.41) is 10.2. The highest BCUT2D eigenvalue weighted by Crippen LogP contribution is 2.17. The van der Waals surface area contributed by atoms with E-state index < -0.39 is 6.10 Å². The van der Waals surface area contributed by atoms with E-state index in [4.69, 9.17) is 9.47 Å². The van der Waals surface area contributed by atoms with Crippen LogP contribution >= 0.6 is 0 Å². The Hall–Kier alpha value is -2.88. The lowest BCUT2D eigenvalue weighted by Crippen LogP contribution is -2.07. The monoisotopic (exact) mass is 430 g/mol. The zero-order valence-corrected chi connectivity index (χ0v) is 19.0. The van der Waals surface area contributed by atoms with Crippen LogP contribution in [0.1, 0.15) is 61.0 Å². The minimum atomic E-state index is -0.601. The van der Waals surface area contributed by atoms with Crippen molar-refractivity contribution in [1.29, 1.82) is 0 Å². The van der Waals surface area contributed by atoms with Crippen LogP contribution in [0.5, 0.6) is 5.75 Å². The zero-order chi connectivity index (χ0) is 22.4. The van der Waals surface area contributed by atoms with Crippen LogP contribution in [0.15, 0.2) is 78.9 Å². The van der Waals surface area contributed by atoms with Crippen LogP contribution in [0.25, 0.3) is 12.2 Å². The molecule has 1 N–H and O–H groups in total. The zero-order valence-electron chi connectivity index (χ0n) is 19.0. The molecule has 1 atom stereocenters. The number of ether oxygens (including phenoxy) is 2. The second-order valence-corrected chi connectivity index (χ2v) is 7.99. The van der Waals surface area contributed by atoms with Crippen molar-refractivity contribution in [2.75, 3.05) is 13.2 Å². The topological polar surface area (TPSA) is 38.7 Å². The van der Waals surface area contributed by atoms with Crippen molar-refractivity contribution in [2.45, 2.75) is 45.3 Å². The average Bonchev–Trinajstić information content (AvgIpc) is 2.84. The fraction of sp³-hybridized carbons (Fsp3) is 0.310. The molecule has 0 saturated carbocycles. The number of hydrogen-bond acceptors (Lipinski definition) is 3. The molecule has 0 radical (unpaired) electrons. The third-order valence-electron chi connectivity index (χ3n) is 5.32. The van der Waals surface area contributed by atoms with Gasteiger partial charge in [0.1, 0.15) is 11.9 Å². The predicted molar refractivity (Wildman–Crippen MR) is 133 cm³/mol. The summed E-state index contributed by atoms with van der Waals surface area (Å²) in [5.41, 5.74) is 4.24. The van der Waals surface area contributed by atoms with Gasteiger partial charge in [-0.05, 0) is 40.8 Å². The lowest BCUT2D eigenvalue weighted by atomic mass is 10.1. The number of rotatable bonds is 13. The van der Waals surface area contributed by atoms with E-state index in [2.05, 4.69) is 55.5 Å². The molecule has 0 aromatic heterocycles. The largest absolute Gasteiger partial charge is 0.494 e. The molecule has 32 heavy (non-hydrogen) atoms. The normalized spacial score (nSPS) is 12.2. The molecule has 0 aliphatic heterocycles. The Bertz CT molecular complexity index is 915. The Morgan fingerprint density at radius 3 is 2.09 bits per heavy atom. The van der Waals surface area contributed by atoms with E-state index in [9.17, 15) is 5.11 Å². The van der Waals surface area contributed by atoms with Crippen LogP contribution in [-0.4, -0.2) is 18.3 Å². The van der Waals surface area contributed by atoms with E-state index >= 15 is 0 Å². The van der Waals surface area contributed by atoms with Gasteiger partial charge in [-0.25, -0.2) is 0 Å². The standard InChI is InChI=1S/C29H34O3/c1-2-3-4-8-21-32-28-19-17-25(18-20-28)12-11-24-13-15-26(16-14-24)22-31-23-29(30)27-9-6-5-7-10-27/h5-7,9-20,29-30H,2-4,8,21-23H2,1H3/b12-11+/t29-/m0/s1. The van der Waals surface area contributed by atoms with Crippen molar-refractivity contribution in [3.63, 3.8) is 0 Å². The SMILES string of the molecule is CCCCCCOc1ccc(/C=C/c2ccc(COC[C@H](O)c3ccccc3)cc2)cc1. The van der Waals surface area contributed by atoms with Gasteiger partial charge in [-0.1, -0.05) is 105 Å². The Morgan fingerprint density at radius 1 is 0.781 bits per heavy atom. The molecule has 3 aromatic rings. The van der Waals surface area contributed by atoms with Gasteiger partial charge in [0.15, 0.2) is 0 Å². The number of aliphatic hydroxyl groups excluding tert-OH is 1. The van der Waals surface area contributed by atoms with Crippen LogP contribution in [0.2, 0.25) is 0 Å². The van der Waals surface area contributed by atoms with E-state index in [1.165, 1.54) is 19.3 Å². The summed E-state index contributed by atoms with van der Waals surface area (Å²) in [7, 11) is 0. The average molecular weight is 431 g/mol. The number of benzene rings is 3. The number of aliphatic hydroxyl groups is 1. The molecule has 0 fully saturated rings. The molecule has 168 valence electrons. The molecule has 0 aliphatic rings. The van der Waals surface area contributed by atoms with E-state index in [0.717, 1.165) is 41.0 Å². The first-order valence-corrected chi connectivity index (χ1v) is 11.6. The van der Waals surface area contributed by atoms with Crippen molar-refractivity contribution in [3.8, 4) is 5.75 Å². The van der Waals surface area contributed by atoms with Crippen LogP contribution in [0.4, 0.5) is 0 Å². The lowest BCUT2D eigenvalue weighted by molar-refractivity contribution is 0.0277. The molecule has 3 heteroatoms. The fourth-order valence-electron chi connectivity index (χ4n) is 3.37. The molecule has 0 amide bonds. The Labute approximate surface area is 192 Å². The molecule has 0 heterocycles. The van der Waals surface area contributed by atoms with E-state index in [1.807, 2.05) is 42.5 Å². The molecular weight excluding hydrogens is 396 g/mol. The maximum Gasteiger partial charge on any atom is 0.119 e. The molecule has 0 bridgehead atoms. The highest BCUT2D eigenvalue weighted by Gasteiger charge is 2.06. The van der Waals surface area contributed by atoms with Crippen molar-refractivity contribution in [2.24, 2.45) is 0 Å². The fourth-order valence-corrected chi connectivity index (χ4v) is 3.37. The smallest absolute Gasteiger partial charge is 0.119 e. The van der Waals surface area contributed by atoms with Crippen molar-refractivity contribution >= 4 is 12.2 Å². The second kappa shape index (κ2) is 13.5. The van der Waals surface area contributed by atoms with Crippen LogP contribution in [0, 0.1) is 0 Å². The molecule has 3 aromatic carbocycles. The van der Waals surface area contributed by atoms with Crippen LogP contribution in [-0.2, 0) is 11.3 Å². The van der Waals surface area contributed by atoms with Crippen molar-refractivity contribution < 1.29 is 14.6 Å². The van der Waals surface area contributed by atoms with Crippen molar-refractivity contribution in [3.05, 3.63) is 101 Å². The van der Waals surface area contributed by atoms with Gasteiger partial charge in [0.2, 0.25) is 0 Å². The first-order chi connectivity index (χ1) is 15.7. The van der Waals surface area contributed by atoms with Gasteiger partial charge in [-0.2, -0.15) is 0 Å². The van der Waals surface area contributed by atoms with Crippen molar-refractivity contribution in [1.82, 2.24) is 0 Å². The van der Waals surface area contributed by atoms with Gasteiger partial charge in [0, 0.05) is 0 Å². The first-order valence-electron chi connectivity index (χ1n) is 11.6. The molecule has 3 rings (SSSR count). The molecule has 0 aliphatic carbocycles. The lowest BCUT2D eigenvalue weighted by Gasteiger charge is -2.11. The summed E-state index contributed by atoms with van der Waals surface area (Å²) in [6.45, 7) is 3.77. The molecule has 0 saturated heterocycles. The Morgan fingerprint density at radius 2 is 1.44 bits per heavy atom. The highest BCUT2D eigenvalue weighted by molar-refractivity contribution is 5.69.